The zero-order valence-electron chi connectivity index (χ0n) is 11.4. The molecule has 2 atom stereocenters. The number of thiazole rings is 1. The lowest BCUT2D eigenvalue weighted by Crippen LogP contribution is -2.17. The molecule has 2 N–H and O–H groups in total. The van der Waals surface area contributed by atoms with Gasteiger partial charge in [-0.3, -0.25) is 9.59 Å². The largest absolute Gasteiger partial charge is 0.481 e. The molecule has 2 rings (SSSR count). The van der Waals surface area contributed by atoms with Crippen molar-refractivity contribution in [3.63, 3.8) is 0 Å². The van der Waals surface area contributed by atoms with Gasteiger partial charge in [-0.2, -0.15) is 0 Å². The number of hydrogen-bond acceptors (Lipinski definition) is 4. The summed E-state index contributed by atoms with van der Waals surface area (Å²) >= 11 is 1.37. The smallest absolute Gasteiger partial charge is 0.307 e. The van der Waals surface area contributed by atoms with E-state index in [0.29, 0.717) is 11.0 Å². The van der Waals surface area contributed by atoms with Gasteiger partial charge in [0, 0.05) is 5.38 Å². The highest BCUT2D eigenvalue weighted by molar-refractivity contribution is 7.13. The molecule has 0 saturated heterocycles. The van der Waals surface area contributed by atoms with Crippen molar-refractivity contribution in [3.05, 3.63) is 11.1 Å². The van der Waals surface area contributed by atoms with E-state index in [0.717, 1.165) is 5.69 Å². The molecule has 0 radical (unpaired) electrons. The van der Waals surface area contributed by atoms with Crippen molar-refractivity contribution in [2.75, 3.05) is 5.32 Å². The Hall–Kier alpha value is -1.43. The van der Waals surface area contributed by atoms with Crippen molar-refractivity contribution in [2.24, 2.45) is 17.3 Å². The van der Waals surface area contributed by atoms with E-state index in [1.807, 2.05) is 19.2 Å². The number of aromatic nitrogens is 1. The van der Waals surface area contributed by atoms with E-state index >= 15 is 0 Å². The molecule has 0 aliphatic heterocycles. The molecule has 1 fully saturated rings. The Labute approximate surface area is 116 Å². The predicted octanol–water partition coefficient (Wildman–Crippen LogP) is 2.56. The molecule has 1 aliphatic rings. The van der Waals surface area contributed by atoms with Crippen LogP contribution in [0, 0.1) is 17.3 Å². The lowest BCUT2D eigenvalue weighted by molar-refractivity contribution is -0.140. The van der Waals surface area contributed by atoms with E-state index in [-0.39, 0.29) is 5.91 Å². The molecule has 1 aromatic heterocycles. The fourth-order valence-electron chi connectivity index (χ4n) is 2.38. The van der Waals surface area contributed by atoms with E-state index in [1.54, 1.807) is 13.8 Å². The van der Waals surface area contributed by atoms with Gasteiger partial charge in [-0.1, -0.05) is 27.7 Å². The van der Waals surface area contributed by atoms with Crippen molar-refractivity contribution in [1.29, 1.82) is 0 Å². The fraction of sp³-hybridized carbons (Fsp3) is 0.615. The normalized spacial score (nSPS) is 24.3. The van der Waals surface area contributed by atoms with E-state index in [4.69, 9.17) is 5.11 Å². The van der Waals surface area contributed by atoms with Gasteiger partial charge in [0.25, 0.3) is 0 Å². The molecular formula is C13H18N2O3S. The number of nitrogens with zero attached hydrogens (tertiary/aromatic N) is 1. The van der Waals surface area contributed by atoms with Gasteiger partial charge in [-0.05, 0) is 11.3 Å². The quantitative estimate of drug-likeness (QED) is 0.889. The number of hydrogen-bond donors (Lipinski definition) is 2. The van der Waals surface area contributed by atoms with Crippen LogP contribution in [0.25, 0.3) is 0 Å². The molecule has 19 heavy (non-hydrogen) atoms. The summed E-state index contributed by atoms with van der Waals surface area (Å²) in [5, 5.41) is 14.2. The molecule has 5 nitrogen and oxygen atoms in total. The fourth-order valence-corrected chi connectivity index (χ4v) is 3.25. The third kappa shape index (κ3) is 2.49. The molecule has 1 aromatic rings. The first-order valence-corrected chi connectivity index (χ1v) is 7.12. The lowest BCUT2D eigenvalue weighted by Gasteiger charge is -2.02. The summed E-state index contributed by atoms with van der Waals surface area (Å²) < 4.78 is 0. The van der Waals surface area contributed by atoms with Crippen LogP contribution in [-0.2, 0) is 9.59 Å². The number of carboxylic acid groups (broad SMARTS) is 1. The third-order valence-corrected chi connectivity index (χ3v) is 4.50. The number of amides is 1. The molecule has 2 unspecified atom stereocenters. The molecule has 104 valence electrons. The topological polar surface area (TPSA) is 79.3 Å². The Kier molecular flexibility index (Phi) is 3.38. The van der Waals surface area contributed by atoms with Gasteiger partial charge in [-0.25, -0.2) is 4.98 Å². The van der Waals surface area contributed by atoms with Crippen LogP contribution in [0.3, 0.4) is 0 Å². The zero-order valence-corrected chi connectivity index (χ0v) is 12.2. The second-order valence-electron chi connectivity index (χ2n) is 5.84. The Morgan fingerprint density at radius 3 is 2.47 bits per heavy atom. The SMILES string of the molecule is CC(C)c1csc(NC(=O)C2C(C(=O)O)C2(C)C)n1. The average molecular weight is 282 g/mol. The van der Waals surface area contributed by atoms with Crippen molar-refractivity contribution >= 4 is 28.3 Å². The Balaban J connectivity index is 2.04. The standard InChI is InChI=1S/C13H18N2O3S/c1-6(2)7-5-19-12(14-7)15-10(16)8-9(11(17)18)13(8,3)4/h5-6,8-9H,1-4H3,(H,17,18)(H,14,15,16). The van der Waals surface area contributed by atoms with Gasteiger partial charge in [0.1, 0.15) is 0 Å². The highest BCUT2D eigenvalue weighted by atomic mass is 32.1. The van der Waals surface area contributed by atoms with Crippen LogP contribution < -0.4 is 5.32 Å². The Morgan fingerprint density at radius 1 is 1.42 bits per heavy atom. The second-order valence-corrected chi connectivity index (χ2v) is 6.69. The third-order valence-electron chi connectivity index (χ3n) is 3.72. The van der Waals surface area contributed by atoms with Crippen LogP contribution in [0.2, 0.25) is 0 Å². The van der Waals surface area contributed by atoms with Crippen LogP contribution in [-0.4, -0.2) is 22.0 Å². The predicted molar refractivity (Wildman–Crippen MR) is 73.2 cm³/mol. The summed E-state index contributed by atoms with van der Waals surface area (Å²) in [6, 6.07) is 0. The van der Waals surface area contributed by atoms with Gasteiger partial charge in [-0.15, -0.1) is 11.3 Å². The van der Waals surface area contributed by atoms with E-state index < -0.39 is 23.2 Å². The number of anilines is 1. The number of carbonyl (C=O) groups excluding carboxylic acids is 1. The van der Waals surface area contributed by atoms with E-state index in [9.17, 15) is 9.59 Å². The monoisotopic (exact) mass is 282 g/mol. The molecular weight excluding hydrogens is 264 g/mol. The van der Waals surface area contributed by atoms with Crippen LogP contribution in [0.4, 0.5) is 5.13 Å². The first kappa shape index (κ1) is 14.0. The number of nitrogens with one attached hydrogen (secondary N) is 1. The second kappa shape index (κ2) is 4.59. The molecule has 1 heterocycles. The number of rotatable bonds is 4. The maximum Gasteiger partial charge on any atom is 0.307 e. The summed E-state index contributed by atoms with van der Waals surface area (Å²) in [4.78, 5) is 27.4. The van der Waals surface area contributed by atoms with Crippen LogP contribution in [0.15, 0.2) is 5.38 Å². The summed E-state index contributed by atoms with van der Waals surface area (Å²) in [5.74, 6) is -1.92. The molecule has 1 saturated carbocycles. The molecule has 1 aliphatic carbocycles. The average Bonchev–Trinajstić information content (AvgIpc) is 2.67. The van der Waals surface area contributed by atoms with E-state index in [1.165, 1.54) is 11.3 Å². The van der Waals surface area contributed by atoms with Gasteiger partial charge in [0.05, 0.1) is 17.5 Å². The maximum absolute atomic E-state index is 12.1. The summed E-state index contributed by atoms with van der Waals surface area (Å²) in [6.07, 6.45) is 0. The van der Waals surface area contributed by atoms with Gasteiger partial charge >= 0.3 is 5.97 Å². The number of aliphatic carboxylic acids is 1. The Morgan fingerprint density at radius 2 is 2.05 bits per heavy atom. The van der Waals surface area contributed by atoms with Gasteiger partial charge < -0.3 is 10.4 Å². The molecule has 0 spiro atoms. The maximum atomic E-state index is 12.1. The van der Waals surface area contributed by atoms with Gasteiger partial charge in [0.15, 0.2) is 5.13 Å². The summed E-state index contributed by atoms with van der Waals surface area (Å²) in [6.45, 7) is 7.67. The van der Waals surface area contributed by atoms with Crippen molar-refractivity contribution < 1.29 is 14.7 Å². The van der Waals surface area contributed by atoms with Crippen molar-refractivity contribution in [3.8, 4) is 0 Å². The van der Waals surface area contributed by atoms with Crippen LogP contribution in [0.5, 0.6) is 0 Å². The highest BCUT2D eigenvalue weighted by Crippen LogP contribution is 2.58. The minimum Gasteiger partial charge on any atom is -0.481 e. The zero-order chi connectivity index (χ0) is 14.4. The Bertz CT molecular complexity index is 522. The molecule has 0 bridgehead atoms. The number of carbonyl (C=O) groups is 2. The van der Waals surface area contributed by atoms with Crippen molar-refractivity contribution in [2.45, 2.75) is 33.6 Å². The first-order chi connectivity index (χ1) is 8.75. The summed E-state index contributed by atoms with van der Waals surface area (Å²) in [5.41, 5.74) is 0.457. The van der Waals surface area contributed by atoms with Crippen LogP contribution >= 0.6 is 11.3 Å². The molecule has 1 amide bonds. The van der Waals surface area contributed by atoms with E-state index in [2.05, 4.69) is 10.3 Å². The van der Waals surface area contributed by atoms with Crippen LogP contribution in [0.1, 0.15) is 39.3 Å². The number of carboxylic acids is 1. The first-order valence-electron chi connectivity index (χ1n) is 6.24. The summed E-state index contributed by atoms with van der Waals surface area (Å²) in [7, 11) is 0. The van der Waals surface area contributed by atoms with Gasteiger partial charge in [0.2, 0.25) is 5.91 Å². The molecule has 6 heteroatoms. The highest BCUT2D eigenvalue weighted by Gasteiger charge is 2.65. The molecule has 0 aromatic carbocycles. The van der Waals surface area contributed by atoms with Crippen molar-refractivity contribution in [1.82, 2.24) is 4.98 Å². The minimum absolute atomic E-state index is 0.248. The lowest BCUT2D eigenvalue weighted by atomic mass is 10.1. The minimum atomic E-state index is -0.910.